The van der Waals surface area contributed by atoms with E-state index >= 15 is 0 Å². The van der Waals surface area contributed by atoms with E-state index in [-0.39, 0.29) is 10.6 Å². The predicted molar refractivity (Wildman–Crippen MR) is 79.3 cm³/mol. The Hall–Kier alpha value is -1.82. The lowest BCUT2D eigenvalue weighted by Gasteiger charge is -2.35. The fourth-order valence-electron chi connectivity index (χ4n) is 2.28. The predicted octanol–water partition coefficient (Wildman–Crippen LogP) is 3.01. The van der Waals surface area contributed by atoms with Crippen molar-refractivity contribution in [2.24, 2.45) is 0 Å². The Labute approximate surface area is 118 Å². The van der Waals surface area contributed by atoms with Gasteiger partial charge in [0.1, 0.15) is 0 Å². The van der Waals surface area contributed by atoms with Gasteiger partial charge in [0, 0.05) is 43.2 Å². The topological polar surface area (TPSA) is 76.4 Å². The summed E-state index contributed by atoms with van der Waals surface area (Å²) < 4.78 is 5.23. The number of nitrogens with zero attached hydrogens (tertiary/aromatic N) is 1. The summed E-state index contributed by atoms with van der Waals surface area (Å²) in [5.74, 6) is 0. The van der Waals surface area contributed by atoms with E-state index in [1.54, 1.807) is 19.2 Å². The molecule has 0 unspecified atom stereocenters. The molecule has 6 heteroatoms. The number of methoxy groups -OCH3 is 1. The Bertz CT molecular complexity index is 473. The van der Waals surface area contributed by atoms with Crippen molar-refractivity contribution >= 4 is 17.1 Å². The quantitative estimate of drug-likeness (QED) is 0.592. The first-order valence-corrected chi connectivity index (χ1v) is 6.95. The molecule has 6 nitrogen and oxygen atoms in total. The van der Waals surface area contributed by atoms with E-state index < -0.39 is 0 Å². The van der Waals surface area contributed by atoms with Gasteiger partial charge >= 0.3 is 0 Å². The van der Waals surface area contributed by atoms with Crippen molar-refractivity contribution in [3.63, 3.8) is 0 Å². The van der Waals surface area contributed by atoms with Crippen molar-refractivity contribution in [1.82, 2.24) is 0 Å². The molecule has 1 aromatic carbocycles. The Morgan fingerprint density at radius 3 is 2.65 bits per heavy atom. The molecule has 0 atom stereocenters. The summed E-state index contributed by atoms with van der Waals surface area (Å²) in [5, 5.41) is 17.5. The molecule has 0 aromatic heterocycles. The highest BCUT2D eigenvalue weighted by Gasteiger charge is 2.29. The Morgan fingerprint density at radius 1 is 1.35 bits per heavy atom. The number of hydrogen-bond acceptors (Lipinski definition) is 5. The number of anilines is 2. The maximum Gasteiger partial charge on any atom is 0.273 e. The highest BCUT2D eigenvalue weighted by Crippen LogP contribution is 2.30. The molecule has 2 rings (SSSR count). The molecule has 0 radical (unpaired) electrons. The zero-order valence-electron chi connectivity index (χ0n) is 11.9. The number of rotatable bonds is 7. The maximum atomic E-state index is 11.0. The molecule has 1 fully saturated rings. The lowest BCUT2D eigenvalue weighted by Crippen LogP contribution is -2.40. The van der Waals surface area contributed by atoms with E-state index in [1.807, 2.05) is 6.07 Å². The number of non-ortho nitro benzene ring substituents is 1. The second kappa shape index (κ2) is 6.56. The second-order valence-corrected chi connectivity index (χ2v) is 5.12. The minimum Gasteiger partial charge on any atom is -0.385 e. The van der Waals surface area contributed by atoms with Crippen LogP contribution in [0, 0.1) is 10.1 Å². The van der Waals surface area contributed by atoms with Crippen molar-refractivity contribution in [3.05, 3.63) is 28.3 Å². The van der Waals surface area contributed by atoms with Crippen molar-refractivity contribution in [2.45, 2.75) is 38.3 Å². The lowest BCUT2D eigenvalue weighted by atomic mass is 9.89. The van der Waals surface area contributed by atoms with Gasteiger partial charge in [-0.1, -0.05) is 6.92 Å². The molecule has 1 aliphatic carbocycles. The average Bonchev–Trinajstić information content (AvgIpc) is 2.39. The third-order valence-electron chi connectivity index (χ3n) is 3.51. The number of ether oxygens (including phenoxy) is 1. The van der Waals surface area contributed by atoms with Crippen molar-refractivity contribution in [2.75, 3.05) is 24.3 Å². The van der Waals surface area contributed by atoms with Crippen LogP contribution in [0.15, 0.2) is 18.2 Å². The molecular formula is C14H21N3O3. The van der Waals surface area contributed by atoms with E-state index in [0.29, 0.717) is 12.1 Å². The first kappa shape index (κ1) is 14.6. The van der Waals surface area contributed by atoms with Gasteiger partial charge < -0.3 is 15.4 Å². The fraction of sp³-hybridized carbons (Fsp3) is 0.571. The van der Waals surface area contributed by atoms with Crippen LogP contribution in [0.25, 0.3) is 0 Å². The Balaban J connectivity index is 2.06. The standard InChI is InChI=1S/C14H21N3O3/c1-3-4-15-10-5-11(7-13(6-10)17(18)19)16-12-8-14(9-12)20-2/h5-7,12,14-16H,3-4,8-9H2,1-2H3. The molecule has 0 heterocycles. The molecule has 20 heavy (non-hydrogen) atoms. The molecule has 2 N–H and O–H groups in total. The zero-order valence-corrected chi connectivity index (χ0v) is 11.9. The van der Waals surface area contributed by atoms with Gasteiger partial charge in [-0.2, -0.15) is 0 Å². The summed E-state index contributed by atoms with van der Waals surface area (Å²) >= 11 is 0. The fourth-order valence-corrected chi connectivity index (χ4v) is 2.28. The van der Waals surface area contributed by atoms with Crippen LogP contribution in [0.3, 0.4) is 0 Å². The second-order valence-electron chi connectivity index (χ2n) is 5.12. The van der Waals surface area contributed by atoms with Gasteiger partial charge in [0.05, 0.1) is 11.0 Å². The van der Waals surface area contributed by atoms with Gasteiger partial charge in [-0.3, -0.25) is 10.1 Å². The number of nitrogens with one attached hydrogen (secondary N) is 2. The first-order valence-electron chi connectivity index (χ1n) is 6.95. The van der Waals surface area contributed by atoms with Gasteiger partial charge in [-0.25, -0.2) is 0 Å². The Morgan fingerprint density at radius 2 is 2.05 bits per heavy atom. The molecule has 0 spiro atoms. The normalized spacial score (nSPS) is 21.1. The number of nitro benzene ring substituents is 1. The third kappa shape index (κ3) is 3.60. The van der Waals surface area contributed by atoms with E-state index in [4.69, 9.17) is 4.74 Å². The molecule has 1 aromatic rings. The number of nitro groups is 1. The first-order chi connectivity index (χ1) is 9.62. The highest BCUT2D eigenvalue weighted by atomic mass is 16.6. The molecule has 0 saturated heterocycles. The average molecular weight is 279 g/mol. The summed E-state index contributed by atoms with van der Waals surface area (Å²) in [7, 11) is 1.71. The van der Waals surface area contributed by atoms with Crippen molar-refractivity contribution < 1.29 is 9.66 Å². The number of hydrogen-bond donors (Lipinski definition) is 2. The van der Waals surface area contributed by atoms with Crippen LogP contribution in [0.5, 0.6) is 0 Å². The summed E-state index contributed by atoms with van der Waals surface area (Å²) in [6.45, 7) is 2.86. The van der Waals surface area contributed by atoms with Crippen LogP contribution in [-0.2, 0) is 4.74 Å². The maximum absolute atomic E-state index is 11.0. The SMILES string of the molecule is CCCNc1cc(NC2CC(OC)C2)cc([N+](=O)[O-])c1. The third-order valence-corrected chi connectivity index (χ3v) is 3.51. The van der Waals surface area contributed by atoms with Crippen molar-refractivity contribution in [1.29, 1.82) is 0 Å². The molecule has 1 saturated carbocycles. The van der Waals surface area contributed by atoms with Crippen LogP contribution in [0.1, 0.15) is 26.2 Å². The van der Waals surface area contributed by atoms with Gasteiger partial charge in [0.25, 0.3) is 5.69 Å². The van der Waals surface area contributed by atoms with E-state index in [2.05, 4.69) is 17.6 Å². The Kier molecular flexibility index (Phi) is 4.79. The smallest absolute Gasteiger partial charge is 0.273 e. The summed E-state index contributed by atoms with van der Waals surface area (Å²) in [6.07, 6.45) is 3.17. The molecule has 0 aliphatic heterocycles. The molecule has 110 valence electrons. The van der Waals surface area contributed by atoms with Gasteiger partial charge in [0.15, 0.2) is 0 Å². The largest absolute Gasteiger partial charge is 0.385 e. The monoisotopic (exact) mass is 279 g/mol. The van der Waals surface area contributed by atoms with Crippen LogP contribution >= 0.6 is 0 Å². The van der Waals surface area contributed by atoms with Crippen LogP contribution in [-0.4, -0.2) is 30.7 Å². The number of benzene rings is 1. The highest BCUT2D eigenvalue weighted by molar-refractivity contribution is 5.63. The summed E-state index contributed by atoms with van der Waals surface area (Å²) in [4.78, 5) is 10.6. The molecule has 0 amide bonds. The minimum absolute atomic E-state index is 0.108. The summed E-state index contributed by atoms with van der Waals surface area (Å²) in [5.41, 5.74) is 1.68. The minimum atomic E-state index is -0.360. The van der Waals surface area contributed by atoms with Gasteiger partial charge in [-0.15, -0.1) is 0 Å². The zero-order chi connectivity index (χ0) is 14.5. The van der Waals surface area contributed by atoms with Gasteiger partial charge in [-0.05, 0) is 25.3 Å². The molecule has 1 aliphatic rings. The van der Waals surface area contributed by atoms with E-state index in [1.165, 1.54) is 0 Å². The van der Waals surface area contributed by atoms with Crippen LogP contribution < -0.4 is 10.6 Å². The lowest BCUT2D eigenvalue weighted by molar-refractivity contribution is -0.384. The molecule has 0 bridgehead atoms. The van der Waals surface area contributed by atoms with E-state index in [0.717, 1.165) is 37.2 Å². The van der Waals surface area contributed by atoms with Gasteiger partial charge in [0.2, 0.25) is 0 Å². The summed E-state index contributed by atoms with van der Waals surface area (Å²) in [6, 6.07) is 5.40. The van der Waals surface area contributed by atoms with E-state index in [9.17, 15) is 10.1 Å². The molecular weight excluding hydrogens is 258 g/mol. The van der Waals surface area contributed by atoms with Crippen molar-refractivity contribution in [3.8, 4) is 0 Å². The van der Waals surface area contributed by atoms with Crippen LogP contribution in [0.2, 0.25) is 0 Å². The van der Waals surface area contributed by atoms with Crippen LogP contribution in [0.4, 0.5) is 17.1 Å².